The number of hydrogen-bond donors (Lipinski definition) is 1. The van der Waals surface area contributed by atoms with E-state index in [-0.39, 0.29) is 16.4 Å². The zero-order chi connectivity index (χ0) is 16.1. The van der Waals surface area contributed by atoms with Crippen LogP contribution in [0.3, 0.4) is 0 Å². The van der Waals surface area contributed by atoms with Gasteiger partial charge in [0, 0.05) is 12.4 Å². The zero-order valence-electron chi connectivity index (χ0n) is 11.4. The van der Waals surface area contributed by atoms with Crippen molar-refractivity contribution in [2.45, 2.75) is 13.0 Å². The van der Waals surface area contributed by atoms with Crippen LogP contribution in [-0.4, -0.2) is 27.9 Å². The molecule has 0 fully saturated rings. The van der Waals surface area contributed by atoms with E-state index in [1.54, 1.807) is 0 Å². The maximum Gasteiger partial charge on any atom is 0.359 e. The highest BCUT2D eigenvalue weighted by molar-refractivity contribution is 6.33. The molecule has 0 aliphatic carbocycles. The van der Waals surface area contributed by atoms with Crippen LogP contribution in [0.5, 0.6) is 0 Å². The number of ether oxygens (including phenoxy) is 1. The van der Waals surface area contributed by atoms with Crippen LogP contribution in [0.2, 0.25) is 5.02 Å². The predicted octanol–water partition coefficient (Wildman–Crippen LogP) is 2.45. The first kappa shape index (κ1) is 15.8. The van der Waals surface area contributed by atoms with Crippen LogP contribution < -0.4 is 5.32 Å². The fourth-order valence-corrected chi connectivity index (χ4v) is 1.72. The molecule has 0 bridgehead atoms. The first-order valence-corrected chi connectivity index (χ1v) is 6.58. The van der Waals surface area contributed by atoms with Gasteiger partial charge in [0.2, 0.25) is 0 Å². The number of nitrogens with one attached hydrogen (secondary N) is 1. The molecular weight excluding hydrogens is 313 g/mol. The van der Waals surface area contributed by atoms with E-state index in [2.05, 4.69) is 15.3 Å². The molecule has 0 saturated heterocycles. The Morgan fingerprint density at radius 1 is 1.36 bits per heavy atom. The number of anilines is 1. The molecule has 0 aliphatic heterocycles. The molecule has 2 aromatic rings. The van der Waals surface area contributed by atoms with Gasteiger partial charge in [0.15, 0.2) is 11.8 Å². The minimum Gasteiger partial charge on any atom is -0.448 e. The Bertz CT molecular complexity index is 697. The van der Waals surface area contributed by atoms with Gasteiger partial charge in [0.1, 0.15) is 5.82 Å². The van der Waals surface area contributed by atoms with Crippen LogP contribution in [0.1, 0.15) is 17.4 Å². The lowest BCUT2D eigenvalue weighted by Crippen LogP contribution is -2.30. The fourth-order valence-electron chi connectivity index (χ4n) is 1.50. The molecule has 0 aliphatic rings. The summed E-state index contributed by atoms with van der Waals surface area (Å²) in [7, 11) is 0. The Hall–Kier alpha value is -2.54. The highest BCUT2D eigenvalue weighted by Crippen LogP contribution is 2.22. The molecule has 1 unspecified atom stereocenters. The van der Waals surface area contributed by atoms with Gasteiger partial charge in [0.05, 0.1) is 16.9 Å². The second-order valence-electron chi connectivity index (χ2n) is 4.25. The molecule has 1 N–H and O–H groups in total. The maximum atomic E-state index is 12.9. The molecule has 22 heavy (non-hydrogen) atoms. The number of esters is 1. The van der Waals surface area contributed by atoms with Crippen molar-refractivity contribution in [2.75, 3.05) is 5.32 Å². The minimum absolute atomic E-state index is 0.0121. The fraction of sp³-hybridized carbons (Fsp3) is 0.143. The summed E-state index contributed by atoms with van der Waals surface area (Å²) in [5.41, 5.74) is 0.206. The average Bonchev–Trinajstić information content (AvgIpc) is 2.50. The molecule has 1 amide bonds. The van der Waals surface area contributed by atoms with Gasteiger partial charge in [-0.2, -0.15) is 0 Å². The van der Waals surface area contributed by atoms with Crippen molar-refractivity contribution >= 4 is 29.2 Å². The maximum absolute atomic E-state index is 12.9. The second kappa shape index (κ2) is 6.95. The standard InChI is InChI=1S/C14H11ClFN3O3/c1-8(22-14(21)12-7-17-4-5-18-12)13(20)19-11-3-2-9(16)6-10(11)15/h2-8H,1H3,(H,19,20). The number of hydrogen-bond acceptors (Lipinski definition) is 5. The Kier molecular flexibility index (Phi) is 5.00. The number of carbonyl (C=O) groups is 2. The summed E-state index contributed by atoms with van der Waals surface area (Å²) < 4.78 is 17.9. The van der Waals surface area contributed by atoms with Crippen molar-refractivity contribution in [3.8, 4) is 0 Å². The highest BCUT2D eigenvalue weighted by Gasteiger charge is 2.20. The number of rotatable bonds is 4. The van der Waals surface area contributed by atoms with E-state index in [4.69, 9.17) is 16.3 Å². The van der Waals surface area contributed by atoms with Gasteiger partial charge in [-0.05, 0) is 25.1 Å². The van der Waals surface area contributed by atoms with Crippen LogP contribution in [0.25, 0.3) is 0 Å². The normalized spacial score (nSPS) is 11.6. The summed E-state index contributed by atoms with van der Waals surface area (Å²) in [6.07, 6.45) is 2.88. The number of benzene rings is 1. The van der Waals surface area contributed by atoms with E-state index in [9.17, 15) is 14.0 Å². The molecule has 1 aromatic heterocycles. The van der Waals surface area contributed by atoms with Gasteiger partial charge < -0.3 is 10.1 Å². The molecule has 0 radical (unpaired) electrons. The van der Waals surface area contributed by atoms with E-state index in [1.165, 1.54) is 31.6 Å². The SMILES string of the molecule is CC(OC(=O)c1cnccn1)C(=O)Nc1ccc(F)cc1Cl. The average molecular weight is 324 g/mol. The molecule has 0 saturated carbocycles. The van der Waals surface area contributed by atoms with Crippen molar-refractivity contribution in [1.29, 1.82) is 0 Å². The summed E-state index contributed by atoms with van der Waals surface area (Å²) in [6, 6.07) is 3.53. The predicted molar refractivity (Wildman–Crippen MR) is 76.9 cm³/mol. The smallest absolute Gasteiger partial charge is 0.359 e. The summed E-state index contributed by atoms with van der Waals surface area (Å²) in [5.74, 6) is -1.91. The van der Waals surface area contributed by atoms with Crippen LogP contribution in [0.15, 0.2) is 36.8 Å². The first-order valence-electron chi connectivity index (χ1n) is 6.20. The molecule has 0 spiro atoms. The number of aromatic nitrogens is 2. The van der Waals surface area contributed by atoms with Gasteiger partial charge in [-0.1, -0.05) is 11.6 Å². The van der Waals surface area contributed by atoms with Crippen molar-refractivity contribution in [1.82, 2.24) is 9.97 Å². The Balaban J connectivity index is 1.99. The van der Waals surface area contributed by atoms with Crippen LogP contribution in [0, 0.1) is 5.82 Å². The van der Waals surface area contributed by atoms with E-state index < -0.39 is 23.8 Å². The number of carbonyl (C=O) groups excluding carboxylic acids is 2. The lowest BCUT2D eigenvalue weighted by Gasteiger charge is -2.13. The van der Waals surface area contributed by atoms with Gasteiger partial charge in [0.25, 0.3) is 5.91 Å². The van der Waals surface area contributed by atoms with Crippen LogP contribution in [0.4, 0.5) is 10.1 Å². The van der Waals surface area contributed by atoms with Crippen LogP contribution >= 0.6 is 11.6 Å². The van der Waals surface area contributed by atoms with Gasteiger partial charge in [-0.15, -0.1) is 0 Å². The topological polar surface area (TPSA) is 81.2 Å². The van der Waals surface area contributed by atoms with Gasteiger partial charge in [-0.3, -0.25) is 9.78 Å². The monoisotopic (exact) mass is 323 g/mol. The third-order valence-corrected chi connectivity index (χ3v) is 2.93. The summed E-state index contributed by atoms with van der Waals surface area (Å²) in [5, 5.41) is 2.49. The van der Waals surface area contributed by atoms with Crippen molar-refractivity contribution in [3.63, 3.8) is 0 Å². The third kappa shape index (κ3) is 3.98. The van der Waals surface area contributed by atoms with Gasteiger partial charge >= 0.3 is 5.97 Å². The lowest BCUT2D eigenvalue weighted by molar-refractivity contribution is -0.123. The van der Waals surface area contributed by atoms with Gasteiger partial charge in [-0.25, -0.2) is 14.2 Å². The van der Waals surface area contributed by atoms with E-state index in [0.717, 1.165) is 12.1 Å². The molecule has 8 heteroatoms. The lowest BCUT2D eigenvalue weighted by atomic mass is 10.3. The Labute approximate surface area is 130 Å². The molecule has 6 nitrogen and oxygen atoms in total. The number of amides is 1. The molecular formula is C14H11ClFN3O3. The summed E-state index contributed by atoms with van der Waals surface area (Å²) in [6.45, 7) is 1.39. The molecule has 1 atom stereocenters. The third-order valence-electron chi connectivity index (χ3n) is 2.61. The number of nitrogens with zero attached hydrogens (tertiary/aromatic N) is 2. The highest BCUT2D eigenvalue weighted by atomic mass is 35.5. The molecule has 1 heterocycles. The minimum atomic E-state index is -1.09. The first-order chi connectivity index (χ1) is 10.5. The molecule has 114 valence electrons. The molecule has 2 rings (SSSR count). The number of halogens is 2. The van der Waals surface area contributed by atoms with E-state index >= 15 is 0 Å². The molecule has 1 aromatic carbocycles. The van der Waals surface area contributed by atoms with Crippen molar-refractivity contribution < 1.29 is 18.7 Å². The second-order valence-corrected chi connectivity index (χ2v) is 4.66. The summed E-state index contributed by atoms with van der Waals surface area (Å²) in [4.78, 5) is 31.2. The Morgan fingerprint density at radius 2 is 2.14 bits per heavy atom. The van der Waals surface area contributed by atoms with E-state index in [0.29, 0.717) is 0 Å². The Morgan fingerprint density at radius 3 is 2.77 bits per heavy atom. The van der Waals surface area contributed by atoms with Crippen LogP contribution in [-0.2, 0) is 9.53 Å². The zero-order valence-corrected chi connectivity index (χ0v) is 12.2. The van der Waals surface area contributed by atoms with Crippen molar-refractivity contribution in [3.05, 3.63) is 53.3 Å². The largest absolute Gasteiger partial charge is 0.448 e. The van der Waals surface area contributed by atoms with E-state index in [1.807, 2.05) is 0 Å². The quantitative estimate of drug-likeness (QED) is 0.874. The summed E-state index contributed by atoms with van der Waals surface area (Å²) >= 11 is 5.80. The van der Waals surface area contributed by atoms with Crippen molar-refractivity contribution in [2.24, 2.45) is 0 Å².